The minimum Gasteiger partial charge on any atom is -0.384 e. The molecule has 0 N–H and O–H groups in total. The van der Waals surface area contributed by atoms with Gasteiger partial charge in [-0.1, -0.05) is 12.7 Å². The number of nitrogens with zero attached hydrogens (tertiary/aromatic N) is 4. The van der Waals surface area contributed by atoms with Gasteiger partial charge in [0, 0.05) is 24.7 Å². The van der Waals surface area contributed by atoms with Crippen molar-refractivity contribution < 1.29 is 4.74 Å². The van der Waals surface area contributed by atoms with Crippen LogP contribution in [0.3, 0.4) is 0 Å². The Morgan fingerprint density at radius 1 is 1.37 bits per heavy atom. The number of aromatic nitrogens is 3. The molecule has 0 amide bonds. The summed E-state index contributed by atoms with van der Waals surface area (Å²) in [5.41, 5.74) is 4.82. The largest absolute Gasteiger partial charge is 0.384 e. The van der Waals surface area contributed by atoms with Crippen LogP contribution in [0, 0.1) is 6.92 Å². The molecule has 3 aromatic heterocycles. The molecule has 0 aliphatic heterocycles. The Morgan fingerprint density at radius 3 is 2.74 bits per heavy atom. The van der Waals surface area contributed by atoms with Crippen molar-refractivity contribution in [3.63, 3.8) is 0 Å². The second kappa shape index (κ2) is 8.29. The van der Waals surface area contributed by atoms with E-state index in [0.717, 1.165) is 45.3 Å². The van der Waals surface area contributed by atoms with E-state index in [-0.39, 0.29) is 0 Å². The number of methoxy groups -OCH3 is 1. The van der Waals surface area contributed by atoms with Crippen LogP contribution in [0.1, 0.15) is 30.7 Å². The summed E-state index contributed by atoms with van der Waals surface area (Å²) in [4.78, 5) is 11.6. The first-order valence-corrected chi connectivity index (χ1v) is 10.4. The predicted molar refractivity (Wildman–Crippen MR) is 115 cm³/mol. The van der Waals surface area contributed by atoms with E-state index in [1.807, 2.05) is 27.0 Å². The van der Waals surface area contributed by atoms with Gasteiger partial charge >= 0.3 is 0 Å². The topological polar surface area (TPSA) is 52.3 Å². The molecule has 0 aromatic carbocycles. The highest BCUT2D eigenvalue weighted by Gasteiger charge is 2.14. The number of fused-ring (bicyclic) bond motifs is 1. The molecule has 5 nitrogen and oxygen atoms in total. The van der Waals surface area contributed by atoms with Gasteiger partial charge in [-0.25, -0.2) is 9.98 Å². The van der Waals surface area contributed by atoms with Crippen molar-refractivity contribution in [2.45, 2.75) is 27.2 Å². The van der Waals surface area contributed by atoms with Crippen LogP contribution < -0.4 is 5.49 Å². The Hall–Kier alpha value is -2.09. The standard InChI is InChI=1S/C20H24N4OS2/c1-7-14(8-9-25-6)16-11-17-20(26-16)22-19(27-17)15-10-13(4)18(21-12(2)3)24(5)23-15/h7,10-11H,2,8-9H2,1,3-6H3/b14-7+,21-18?. The zero-order chi connectivity index (χ0) is 19.6. The van der Waals surface area contributed by atoms with Crippen molar-refractivity contribution >= 4 is 37.8 Å². The molecule has 3 rings (SSSR count). The first-order chi connectivity index (χ1) is 12.9. The van der Waals surface area contributed by atoms with Crippen LogP contribution in [-0.4, -0.2) is 28.5 Å². The summed E-state index contributed by atoms with van der Waals surface area (Å²) in [6, 6.07) is 4.27. The molecule has 142 valence electrons. The van der Waals surface area contributed by atoms with E-state index in [0.29, 0.717) is 0 Å². The lowest BCUT2D eigenvalue weighted by Gasteiger charge is -2.05. The molecule has 0 saturated heterocycles. The molecule has 3 aromatic rings. The zero-order valence-electron chi connectivity index (χ0n) is 16.4. The zero-order valence-corrected chi connectivity index (χ0v) is 18.0. The van der Waals surface area contributed by atoms with Crippen LogP contribution >= 0.6 is 22.7 Å². The first-order valence-electron chi connectivity index (χ1n) is 8.73. The van der Waals surface area contributed by atoms with Gasteiger partial charge in [0.25, 0.3) is 0 Å². The second-order valence-electron chi connectivity index (χ2n) is 6.36. The first kappa shape index (κ1) is 19.7. The van der Waals surface area contributed by atoms with E-state index < -0.39 is 0 Å². The molecule has 0 aliphatic carbocycles. The van der Waals surface area contributed by atoms with Crippen LogP contribution in [0.5, 0.6) is 0 Å². The molecule has 0 aliphatic rings. The molecule has 0 radical (unpaired) electrons. The lowest BCUT2D eigenvalue weighted by molar-refractivity contribution is 0.206. The lowest BCUT2D eigenvalue weighted by Crippen LogP contribution is -2.24. The molecule has 0 atom stereocenters. The van der Waals surface area contributed by atoms with E-state index in [1.54, 1.807) is 34.5 Å². The summed E-state index contributed by atoms with van der Waals surface area (Å²) in [5.74, 6) is 0. The third-order valence-electron chi connectivity index (χ3n) is 4.12. The second-order valence-corrected chi connectivity index (χ2v) is 8.42. The summed E-state index contributed by atoms with van der Waals surface area (Å²) < 4.78 is 8.20. The van der Waals surface area contributed by atoms with E-state index in [9.17, 15) is 0 Å². The van der Waals surface area contributed by atoms with Crippen molar-refractivity contribution in [2.24, 2.45) is 12.0 Å². The van der Waals surface area contributed by atoms with Crippen LogP contribution in [0.4, 0.5) is 0 Å². The van der Waals surface area contributed by atoms with Crippen molar-refractivity contribution in [3.05, 3.63) is 46.4 Å². The van der Waals surface area contributed by atoms with E-state index >= 15 is 0 Å². The predicted octanol–water partition coefficient (Wildman–Crippen LogP) is 4.94. The Kier molecular flexibility index (Phi) is 6.04. The maximum atomic E-state index is 5.21. The monoisotopic (exact) mass is 400 g/mol. The number of ether oxygens (including phenoxy) is 1. The summed E-state index contributed by atoms with van der Waals surface area (Å²) in [7, 11) is 3.64. The number of thiazole rings is 1. The Labute approximate surface area is 167 Å². The smallest absolute Gasteiger partial charge is 0.151 e. The molecule has 7 heteroatoms. The van der Waals surface area contributed by atoms with Crippen LogP contribution in [0.2, 0.25) is 0 Å². The van der Waals surface area contributed by atoms with Gasteiger partial charge in [-0.05, 0) is 50.5 Å². The van der Waals surface area contributed by atoms with E-state index in [2.05, 4.69) is 35.7 Å². The van der Waals surface area contributed by atoms with Crippen molar-refractivity contribution in [3.8, 4) is 10.7 Å². The molecule has 0 bridgehead atoms. The fourth-order valence-electron chi connectivity index (χ4n) is 2.83. The van der Waals surface area contributed by atoms with Gasteiger partial charge in [0.2, 0.25) is 0 Å². The van der Waals surface area contributed by atoms with Gasteiger partial charge in [0.1, 0.15) is 15.5 Å². The summed E-state index contributed by atoms with van der Waals surface area (Å²) >= 11 is 3.40. The van der Waals surface area contributed by atoms with Gasteiger partial charge < -0.3 is 4.74 Å². The van der Waals surface area contributed by atoms with Crippen molar-refractivity contribution in [1.82, 2.24) is 14.8 Å². The number of allylic oxidation sites excluding steroid dienone is 2. The molecule has 27 heavy (non-hydrogen) atoms. The van der Waals surface area contributed by atoms with Gasteiger partial charge in [-0.3, -0.25) is 4.68 Å². The normalized spacial score (nSPS) is 12.9. The average molecular weight is 401 g/mol. The maximum absolute atomic E-state index is 5.21. The van der Waals surface area contributed by atoms with Crippen molar-refractivity contribution in [2.75, 3.05) is 13.7 Å². The molecular weight excluding hydrogens is 376 g/mol. The number of hydrogen-bond acceptors (Lipinski definition) is 6. The van der Waals surface area contributed by atoms with E-state index in [1.165, 1.54) is 15.2 Å². The molecule has 0 spiro atoms. The van der Waals surface area contributed by atoms with Gasteiger partial charge in [0.15, 0.2) is 5.49 Å². The third-order valence-corrected chi connectivity index (χ3v) is 6.37. The van der Waals surface area contributed by atoms with E-state index in [4.69, 9.17) is 9.72 Å². The van der Waals surface area contributed by atoms with Gasteiger partial charge in [-0.15, -0.1) is 22.7 Å². The fraction of sp³-hybridized carbons (Fsp3) is 0.350. The number of thiophene rings is 1. The highest BCUT2D eigenvalue weighted by atomic mass is 32.1. The van der Waals surface area contributed by atoms with Crippen LogP contribution in [-0.2, 0) is 11.8 Å². The third kappa shape index (κ3) is 4.26. The quantitative estimate of drug-likeness (QED) is 0.589. The number of aryl methyl sites for hydroxylation is 2. The minimum atomic E-state index is 0.727. The van der Waals surface area contributed by atoms with Gasteiger partial charge in [-0.2, -0.15) is 5.10 Å². The molecule has 3 heterocycles. The Morgan fingerprint density at radius 2 is 2.15 bits per heavy atom. The lowest BCUT2D eigenvalue weighted by atomic mass is 10.1. The summed E-state index contributed by atoms with van der Waals surface area (Å²) in [5, 5.41) is 5.59. The minimum absolute atomic E-state index is 0.727. The number of hydrogen-bond donors (Lipinski definition) is 0. The highest BCUT2D eigenvalue weighted by molar-refractivity contribution is 7.29. The van der Waals surface area contributed by atoms with Crippen LogP contribution in [0.15, 0.2) is 35.5 Å². The molecule has 0 unspecified atom stereocenters. The SMILES string of the molecule is C=C(C)N=c1c(C)cc(-c2nc3sc(/C(=C/C)CCOC)cc3s2)nn1C. The summed E-state index contributed by atoms with van der Waals surface area (Å²) in [6.07, 6.45) is 3.07. The van der Waals surface area contributed by atoms with Crippen LogP contribution in [0.25, 0.3) is 25.8 Å². The summed E-state index contributed by atoms with van der Waals surface area (Å²) in [6.45, 7) is 10.6. The van der Waals surface area contributed by atoms with Crippen molar-refractivity contribution in [1.29, 1.82) is 0 Å². The maximum Gasteiger partial charge on any atom is 0.151 e. The highest BCUT2D eigenvalue weighted by Crippen LogP contribution is 2.37. The number of rotatable bonds is 6. The average Bonchev–Trinajstić information content (AvgIpc) is 3.17. The Bertz CT molecular complexity index is 1030. The molecule has 0 saturated carbocycles. The fourth-order valence-corrected chi connectivity index (χ4v) is 5.11. The Balaban J connectivity index is 1.97. The molecular formula is C20H24N4OS2. The van der Waals surface area contributed by atoms with Gasteiger partial charge in [0.05, 0.1) is 11.3 Å². The molecule has 0 fully saturated rings.